The summed E-state index contributed by atoms with van der Waals surface area (Å²) < 4.78 is 0. The average molecular weight is 329 g/mol. The predicted octanol–water partition coefficient (Wildman–Crippen LogP) is 3.05. The molecule has 0 radical (unpaired) electrons. The van der Waals surface area contributed by atoms with Gasteiger partial charge in [0.25, 0.3) is 11.6 Å². The Labute approximate surface area is 120 Å². The van der Waals surface area contributed by atoms with E-state index in [4.69, 9.17) is 0 Å². The smallest absolute Gasteiger partial charge is 0.270 e. The maximum atomic E-state index is 11.9. The minimum atomic E-state index is -0.495. The van der Waals surface area contributed by atoms with E-state index in [0.717, 1.165) is 0 Å². The molecular formula is C13H17BrN2O3. The summed E-state index contributed by atoms with van der Waals surface area (Å²) in [5.41, 5.74) is 0.943. The summed E-state index contributed by atoms with van der Waals surface area (Å²) in [6, 6.07) is 4.38. The van der Waals surface area contributed by atoms with E-state index in [1.54, 1.807) is 13.0 Å². The standard InChI is InChI=1S/C13H17BrN2O3/c1-8(2)12(14)7-15-13(17)10-4-9(3)5-11(6-10)16(18)19/h4-6,8,12H,7H2,1-3H3,(H,15,17). The molecule has 1 amide bonds. The zero-order valence-corrected chi connectivity index (χ0v) is 12.7. The van der Waals surface area contributed by atoms with E-state index in [0.29, 0.717) is 23.6 Å². The molecular weight excluding hydrogens is 312 g/mol. The highest BCUT2D eigenvalue weighted by atomic mass is 79.9. The van der Waals surface area contributed by atoms with Crippen molar-refractivity contribution in [3.05, 3.63) is 39.4 Å². The summed E-state index contributed by atoms with van der Waals surface area (Å²) in [6.45, 7) is 6.30. The van der Waals surface area contributed by atoms with Crippen LogP contribution in [-0.2, 0) is 0 Å². The van der Waals surface area contributed by atoms with Crippen LogP contribution in [0.15, 0.2) is 18.2 Å². The van der Waals surface area contributed by atoms with Crippen molar-refractivity contribution in [2.75, 3.05) is 6.54 Å². The number of carbonyl (C=O) groups excluding carboxylic acids is 1. The Morgan fingerprint density at radius 1 is 1.42 bits per heavy atom. The molecule has 0 aliphatic rings. The maximum absolute atomic E-state index is 11.9. The first kappa shape index (κ1) is 15.6. The van der Waals surface area contributed by atoms with Crippen LogP contribution in [-0.4, -0.2) is 22.2 Å². The van der Waals surface area contributed by atoms with Gasteiger partial charge in [-0.1, -0.05) is 29.8 Å². The molecule has 0 spiro atoms. The Balaban J connectivity index is 2.80. The number of benzene rings is 1. The lowest BCUT2D eigenvalue weighted by molar-refractivity contribution is -0.384. The third-order valence-corrected chi connectivity index (χ3v) is 4.10. The number of nitrogens with one attached hydrogen (secondary N) is 1. The molecule has 104 valence electrons. The third-order valence-electron chi connectivity index (χ3n) is 2.72. The van der Waals surface area contributed by atoms with Crippen molar-refractivity contribution in [1.82, 2.24) is 5.32 Å². The zero-order valence-electron chi connectivity index (χ0n) is 11.1. The van der Waals surface area contributed by atoms with Crippen LogP contribution in [0.3, 0.4) is 0 Å². The minimum Gasteiger partial charge on any atom is -0.351 e. The van der Waals surface area contributed by atoms with Crippen molar-refractivity contribution in [3.63, 3.8) is 0 Å². The number of amides is 1. The minimum absolute atomic E-state index is 0.0654. The fourth-order valence-corrected chi connectivity index (χ4v) is 1.69. The van der Waals surface area contributed by atoms with Crippen molar-refractivity contribution in [1.29, 1.82) is 0 Å². The fraction of sp³-hybridized carbons (Fsp3) is 0.462. The van der Waals surface area contributed by atoms with Crippen LogP contribution < -0.4 is 5.32 Å². The molecule has 0 saturated heterocycles. The molecule has 19 heavy (non-hydrogen) atoms. The summed E-state index contributed by atoms with van der Waals surface area (Å²) in [7, 11) is 0. The van der Waals surface area contributed by atoms with E-state index in [2.05, 4.69) is 21.2 Å². The molecule has 1 rings (SSSR count). The number of carbonyl (C=O) groups is 1. The summed E-state index contributed by atoms with van der Waals surface area (Å²) >= 11 is 3.47. The molecule has 0 fully saturated rings. The SMILES string of the molecule is Cc1cc(C(=O)NCC(Br)C(C)C)cc([N+](=O)[O-])c1. The second-order valence-corrected chi connectivity index (χ2v) is 5.96. The van der Waals surface area contributed by atoms with Crippen LogP contribution >= 0.6 is 15.9 Å². The lowest BCUT2D eigenvalue weighted by atomic mass is 10.1. The Kier molecular flexibility index (Phi) is 5.47. The molecule has 1 atom stereocenters. The number of non-ortho nitro benzene ring substituents is 1. The first-order chi connectivity index (χ1) is 8.81. The zero-order chi connectivity index (χ0) is 14.6. The molecule has 1 aromatic rings. The molecule has 1 N–H and O–H groups in total. The van der Waals surface area contributed by atoms with Crippen molar-refractivity contribution in [3.8, 4) is 0 Å². The van der Waals surface area contributed by atoms with Gasteiger partial charge in [0.1, 0.15) is 0 Å². The van der Waals surface area contributed by atoms with E-state index in [9.17, 15) is 14.9 Å². The maximum Gasteiger partial charge on any atom is 0.270 e. The summed E-state index contributed by atoms with van der Waals surface area (Å²) in [5, 5.41) is 13.5. The molecule has 5 nitrogen and oxygen atoms in total. The second kappa shape index (κ2) is 6.65. The molecule has 0 aliphatic carbocycles. The van der Waals surface area contributed by atoms with Gasteiger partial charge >= 0.3 is 0 Å². The van der Waals surface area contributed by atoms with Crippen LogP contribution in [0.1, 0.15) is 29.8 Å². The van der Waals surface area contributed by atoms with Crippen molar-refractivity contribution < 1.29 is 9.72 Å². The highest BCUT2D eigenvalue weighted by Crippen LogP contribution is 2.17. The summed E-state index contributed by atoms with van der Waals surface area (Å²) in [5.74, 6) is 0.101. The molecule has 0 aromatic heterocycles. The Bertz CT molecular complexity index is 489. The average Bonchev–Trinajstić information content (AvgIpc) is 2.34. The monoisotopic (exact) mass is 328 g/mol. The molecule has 0 aliphatic heterocycles. The van der Waals surface area contributed by atoms with Gasteiger partial charge in [-0.2, -0.15) is 0 Å². The number of alkyl halides is 1. The van der Waals surface area contributed by atoms with Crippen molar-refractivity contribution in [2.24, 2.45) is 5.92 Å². The molecule has 1 aromatic carbocycles. The number of hydrogen-bond acceptors (Lipinski definition) is 3. The van der Waals surface area contributed by atoms with Crippen LogP contribution in [0.2, 0.25) is 0 Å². The number of rotatable bonds is 5. The molecule has 0 bridgehead atoms. The van der Waals surface area contributed by atoms with E-state index in [1.165, 1.54) is 12.1 Å². The van der Waals surface area contributed by atoms with Crippen LogP contribution in [0, 0.1) is 23.0 Å². The van der Waals surface area contributed by atoms with Gasteiger partial charge in [-0.15, -0.1) is 0 Å². The fourth-order valence-electron chi connectivity index (χ4n) is 1.53. The van der Waals surface area contributed by atoms with Crippen LogP contribution in [0.4, 0.5) is 5.69 Å². The number of nitrogens with zero attached hydrogens (tertiary/aromatic N) is 1. The normalized spacial score (nSPS) is 12.3. The highest BCUT2D eigenvalue weighted by Gasteiger charge is 2.15. The van der Waals surface area contributed by atoms with E-state index >= 15 is 0 Å². The van der Waals surface area contributed by atoms with Crippen molar-refractivity contribution in [2.45, 2.75) is 25.6 Å². The second-order valence-electron chi connectivity index (χ2n) is 4.78. The number of nitro benzene ring substituents is 1. The highest BCUT2D eigenvalue weighted by molar-refractivity contribution is 9.09. The first-order valence-electron chi connectivity index (χ1n) is 5.99. The van der Waals surface area contributed by atoms with Crippen molar-refractivity contribution >= 4 is 27.5 Å². The number of aryl methyl sites for hydroxylation is 1. The van der Waals surface area contributed by atoms with Gasteiger partial charge in [0.15, 0.2) is 0 Å². The van der Waals surface area contributed by atoms with E-state index in [-0.39, 0.29) is 16.4 Å². The first-order valence-corrected chi connectivity index (χ1v) is 6.91. The Morgan fingerprint density at radius 3 is 2.58 bits per heavy atom. The van der Waals surface area contributed by atoms with Gasteiger partial charge in [0.05, 0.1) is 4.92 Å². The van der Waals surface area contributed by atoms with E-state index in [1.807, 2.05) is 13.8 Å². The number of nitro groups is 1. The molecule has 6 heteroatoms. The van der Waals surface area contributed by atoms with Gasteiger partial charge in [0, 0.05) is 29.1 Å². The lowest BCUT2D eigenvalue weighted by Crippen LogP contribution is -2.31. The predicted molar refractivity (Wildman–Crippen MR) is 77.7 cm³/mol. The third kappa shape index (κ3) is 4.63. The van der Waals surface area contributed by atoms with E-state index < -0.39 is 4.92 Å². The number of hydrogen-bond donors (Lipinski definition) is 1. The largest absolute Gasteiger partial charge is 0.351 e. The quantitative estimate of drug-likeness (QED) is 0.513. The molecule has 1 unspecified atom stereocenters. The number of halogens is 1. The topological polar surface area (TPSA) is 72.2 Å². The Morgan fingerprint density at radius 2 is 2.05 bits per heavy atom. The Hall–Kier alpha value is -1.43. The van der Waals surface area contributed by atoms with Gasteiger partial charge in [-0.05, 0) is 24.5 Å². The van der Waals surface area contributed by atoms with Gasteiger partial charge in [0.2, 0.25) is 0 Å². The van der Waals surface area contributed by atoms with Crippen LogP contribution in [0.25, 0.3) is 0 Å². The summed E-state index contributed by atoms with van der Waals surface area (Å²) in [4.78, 5) is 22.4. The van der Waals surface area contributed by atoms with Gasteiger partial charge in [-0.3, -0.25) is 14.9 Å². The molecule has 0 saturated carbocycles. The van der Waals surface area contributed by atoms with Crippen LogP contribution in [0.5, 0.6) is 0 Å². The van der Waals surface area contributed by atoms with Gasteiger partial charge < -0.3 is 5.32 Å². The van der Waals surface area contributed by atoms with Gasteiger partial charge in [-0.25, -0.2) is 0 Å². The lowest BCUT2D eigenvalue weighted by Gasteiger charge is -2.14. The summed E-state index contributed by atoms with van der Waals surface area (Å²) in [6.07, 6.45) is 0. The molecule has 0 heterocycles.